The van der Waals surface area contributed by atoms with E-state index in [1.165, 1.54) is 11.3 Å². The monoisotopic (exact) mass is 272 g/mol. The molecule has 0 aliphatic heterocycles. The SMILES string of the molecule is CCOC(=O)c1sc2ccc3ncccc3c2c1N. The van der Waals surface area contributed by atoms with Crippen molar-refractivity contribution in [3.8, 4) is 0 Å². The fourth-order valence-electron chi connectivity index (χ4n) is 2.12. The molecule has 0 bridgehead atoms. The van der Waals surface area contributed by atoms with Crippen molar-refractivity contribution in [3.05, 3.63) is 35.3 Å². The number of pyridine rings is 1. The van der Waals surface area contributed by atoms with Crippen LogP contribution in [0, 0.1) is 0 Å². The van der Waals surface area contributed by atoms with Crippen LogP contribution in [0.1, 0.15) is 16.6 Å². The van der Waals surface area contributed by atoms with Crippen molar-refractivity contribution in [2.24, 2.45) is 0 Å². The summed E-state index contributed by atoms with van der Waals surface area (Å²) in [5, 5.41) is 1.85. The molecule has 96 valence electrons. The normalized spacial score (nSPS) is 11.0. The smallest absolute Gasteiger partial charge is 0.350 e. The number of nitrogens with zero attached hydrogens (tertiary/aromatic N) is 1. The fraction of sp³-hybridized carbons (Fsp3) is 0.143. The molecule has 0 spiro atoms. The lowest BCUT2D eigenvalue weighted by Gasteiger charge is -2.01. The molecule has 5 heteroatoms. The first-order valence-corrected chi connectivity index (χ1v) is 6.77. The third-order valence-corrected chi connectivity index (χ3v) is 4.08. The van der Waals surface area contributed by atoms with Gasteiger partial charge in [-0.25, -0.2) is 4.79 Å². The molecule has 2 aromatic heterocycles. The maximum absolute atomic E-state index is 11.9. The van der Waals surface area contributed by atoms with Crippen LogP contribution >= 0.6 is 11.3 Å². The fourth-order valence-corrected chi connectivity index (χ4v) is 3.15. The Bertz CT molecular complexity index is 780. The number of rotatable bonds is 2. The van der Waals surface area contributed by atoms with Gasteiger partial charge in [0.1, 0.15) is 4.88 Å². The van der Waals surface area contributed by atoms with Crippen molar-refractivity contribution in [2.75, 3.05) is 12.3 Å². The van der Waals surface area contributed by atoms with Gasteiger partial charge in [0.05, 0.1) is 17.8 Å². The summed E-state index contributed by atoms with van der Waals surface area (Å²) in [4.78, 5) is 16.6. The van der Waals surface area contributed by atoms with Gasteiger partial charge in [0, 0.05) is 21.7 Å². The molecule has 0 aliphatic carbocycles. The van der Waals surface area contributed by atoms with E-state index in [0.717, 1.165) is 21.0 Å². The zero-order valence-corrected chi connectivity index (χ0v) is 11.2. The molecule has 1 aromatic carbocycles. The molecule has 0 atom stereocenters. The number of carbonyl (C=O) groups excluding carboxylic acids is 1. The molecule has 4 nitrogen and oxygen atoms in total. The van der Waals surface area contributed by atoms with E-state index < -0.39 is 0 Å². The number of thiophene rings is 1. The van der Waals surface area contributed by atoms with Crippen LogP contribution in [-0.4, -0.2) is 17.6 Å². The molecule has 3 rings (SSSR count). The molecular weight excluding hydrogens is 260 g/mol. The highest BCUT2D eigenvalue weighted by Crippen LogP contribution is 2.38. The Balaban J connectivity index is 2.32. The van der Waals surface area contributed by atoms with E-state index in [4.69, 9.17) is 10.5 Å². The maximum Gasteiger partial charge on any atom is 0.350 e. The second-order valence-electron chi connectivity index (χ2n) is 4.07. The topological polar surface area (TPSA) is 65.2 Å². The van der Waals surface area contributed by atoms with Gasteiger partial charge in [-0.05, 0) is 25.1 Å². The Morgan fingerprint density at radius 2 is 2.26 bits per heavy atom. The average molecular weight is 272 g/mol. The van der Waals surface area contributed by atoms with E-state index in [1.807, 2.05) is 24.3 Å². The Labute approximate surface area is 113 Å². The van der Waals surface area contributed by atoms with Gasteiger partial charge in [0.25, 0.3) is 0 Å². The molecule has 19 heavy (non-hydrogen) atoms. The van der Waals surface area contributed by atoms with Crippen molar-refractivity contribution < 1.29 is 9.53 Å². The Hall–Kier alpha value is -2.14. The van der Waals surface area contributed by atoms with Crippen LogP contribution in [0.25, 0.3) is 21.0 Å². The molecule has 0 saturated heterocycles. The third kappa shape index (κ3) is 1.82. The molecule has 0 amide bonds. The van der Waals surface area contributed by atoms with Crippen LogP contribution in [0.2, 0.25) is 0 Å². The van der Waals surface area contributed by atoms with Crippen LogP contribution in [0.5, 0.6) is 0 Å². The van der Waals surface area contributed by atoms with Crippen LogP contribution in [-0.2, 0) is 4.74 Å². The van der Waals surface area contributed by atoms with Gasteiger partial charge < -0.3 is 10.5 Å². The van der Waals surface area contributed by atoms with Gasteiger partial charge in [0.2, 0.25) is 0 Å². The van der Waals surface area contributed by atoms with Crippen molar-refractivity contribution in [1.82, 2.24) is 4.98 Å². The van der Waals surface area contributed by atoms with E-state index in [2.05, 4.69) is 4.98 Å². The zero-order chi connectivity index (χ0) is 13.4. The maximum atomic E-state index is 11.9. The summed E-state index contributed by atoms with van der Waals surface area (Å²) < 4.78 is 6.00. The molecule has 0 fully saturated rings. The van der Waals surface area contributed by atoms with Crippen molar-refractivity contribution in [2.45, 2.75) is 6.92 Å². The second-order valence-corrected chi connectivity index (χ2v) is 5.13. The number of anilines is 1. The number of hydrogen-bond donors (Lipinski definition) is 1. The van der Waals surface area contributed by atoms with Crippen molar-refractivity contribution in [1.29, 1.82) is 0 Å². The lowest BCUT2D eigenvalue weighted by Crippen LogP contribution is -2.04. The van der Waals surface area contributed by atoms with Crippen LogP contribution in [0.3, 0.4) is 0 Å². The third-order valence-electron chi connectivity index (χ3n) is 2.93. The molecule has 0 aliphatic rings. The van der Waals surface area contributed by atoms with E-state index in [9.17, 15) is 4.79 Å². The Kier molecular flexibility index (Phi) is 2.83. The number of aromatic nitrogens is 1. The van der Waals surface area contributed by atoms with Gasteiger partial charge in [-0.1, -0.05) is 6.07 Å². The lowest BCUT2D eigenvalue weighted by atomic mass is 10.1. The van der Waals surface area contributed by atoms with Gasteiger partial charge in [-0.2, -0.15) is 0 Å². The number of hydrogen-bond acceptors (Lipinski definition) is 5. The summed E-state index contributed by atoms with van der Waals surface area (Å²) in [5.74, 6) is -0.363. The molecule has 0 radical (unpaired) electrons. The van der Waals surface area contributed by atoms with Crippen LogP contribution in [0.15, 0.2) is 30.5 Å². The van der Waals surface area contributed by atoms with Gasteiger partial charge in [-0.3, -0.25) is 4.98 Å². The number of fused-ring (bicyclic) bond motifs is 3. The molecule has 2 N–H and O–H groups in total. The predicted octanol–water partition coefficient (Wildman–Crippen LogP) is 3.21. The Morgan fingerprint density at radius 1 is 1.42 bits per heavy atom. The first-order chi connectivity index (χ1) is 9.22. The summed E-state index contributed by atoms with van der Waals surface area (Å²) in [6, 6.07) is 7.70. The molecule has 3 aromatic rings. The number of carbonyl (C=O) groups is 1. The van der Waals surface area contributed by atoms with Crippen molar-refractivity contribution in [3.63, 3.8) is 0 Å². The summed E-state index contributed by atoms with van der Waals surface area (Å²) >= 11 is 1.36. The lowest BCUT2D eigenvalue weighted by molar-refractivity contribution is 0.0533. The van der Waals surface area contributed by atoms with Gasteiger partial charge in [0.15, 0.2) is 0 Å². The second kappa shape index (κ2) is 4.51. The number of ether oxygens (including phenoxy) is 1. The standard InChI is InChI=1S/C14H12N2O2S/c1-2-18-14(17)13-12(15)11-8-4-3-7-16-9(8)5-6-10(11)19-13/h3-7H,2,15H2,1H3. The summed E-state index contributed by atoms with van der Waals surface area (Å²) in [5.41, 5.74) is 7.47. The number of nitrogens with two attached hydrogens (primary N) is 1. The van der Waals surface area contributed by atoms with Crippen LogP contribution in [0.4, 0.5) is 5.69 Å². The highest BCUT2D eigenvalue weighted by molar-refractivity contribution is 7.21. The highest BCUT2D eigenvalue weighted by atomic mass is 32.1. The van der Waals surface area contributed by atoms with E-state index >= 15 is 0 Å². The minimum absolute atomic E-state index is 0.342. The molecule has 0 saturated carbocycles. The molecule has 2 heterocycles. The minimum atomic E-state index is -0.363. The van der Waals surface area contributed by atoms with E-state index in [0.29, 0.717) is 17.2 Å². The first-order valence-electron chi connectivity index (χ1n) is 5.95. The quantitative estimate of drug-likeness (QED) is 0.727. The van der Waals surface area contributed by atoms with Gasteiger partial charge >= 0.3 is 5.97 Å². The summed E-state index contributed by atoms with van der Waals surface area (Å²) in [7, 11) is 0. The molecule has 0 unspecified atom stereocenters. The number of benzene rings is 1. The minimum Gasteiger partial charge on any atom is -0.462 e. The zero-order valence-electron chi connectivity index (χ0n) is 10.3. The molecular formula is C14H12N2O2S. The summed E-state index contributed by atoms with van der Waals surface area (Å²) in [6.45, 7) is 2.12. The van der Waals surface area contributed by atoms with Gasteiger partial charge in [-0.15, -0.1) is 11.3 Å². The average Bonchev–Trinajstić information content (AvgIpc) is 2.77. The van der Waals surface area contributed by atoms with E-state index in [-0.39, 0.29) is 5.97 Å². The predicted molar refractivity (Wildman–Crippen MR) is 77.5 cm³/mol. The van der Waals surface area contributed by atoms with Crippen molar-refractivity contribution >= 4 is 44.0 Å². The first kappa shape index (κ1) is 11.9. The Morgan fingerprint density at radius 3 is 3.05 bits per heavy atom. The van der Waals surface area contributed by atoms with Crippen LogP contribution < -0.4 is 5.73 Å². The van der Waals surface area contributed by atoms with E-state index in [1.54, 1.807) is 13.1 Å². The number of esters is 1. The summed E-state index contributed by atoms with van der Waals surface area (Å²) in [6.07, 6.45) is 1.74. The highest BCUT2D eigenvalue weighted by Gasteiger charge is 2.18. The number of nitrogen functional groups attached to an aromatic ring is 1. The largest absolute Gasteiger partial charge is 0.462 e.